The van der Waals surface area contributed by atoms with E-state index in [9.17, 15) is 0 Å². The molecule has 0 aliphatic carbocycles. The third kappa shape index (κ3) is 2.29. The third-order valence-electron chi connectivity index (χ3n) is 5.29. The molecule has 0 saturated carbocycles. The van der Waals surface area contributed by atoms with Crippen LogP contribution in [0.4, 0.5) is 5.95 Å². The molecular weight excluding hydrogens is 262 g/mol. The van der Waals surface area contributed by atoms with Crippen molar-refractivity contribution in [1.82, 2.24) is 19.5 Å². The minimum atomic E-state index is 0.756. The molecule has 4 heterocycles. The van der Waals surface area contributed by atoms with Crippen molar-refractivity contribution in [2.75, 3.05) is 18.9 Å². The number of anilines is 1. The Morgan fingerprint density at radius 2 is 2.00 bits per heavy atom. The summed E-state index contributed by atoms with van der Waals surface area (Å²) < 4.78 is 1.90. The second kappa shape index (κ2) is 4.98. The predicted molar refractivity (Wildman–Crippen MR) is 83.5 cm³/mol. The topological polar surface area (TPSA) is 45.5 Å². The fraction of sp³-hybridized carbons (Fsp3) is 0.625. The van der Waals surface area contributed by atoms with Gasteiger partial charge in [-0.25, -0.2) is 4.52 Å². The SMILES string of the molecule is Cc1cccc2nc(NCC3CC4CCC(C3)N4C)nn12. The van der Waals surface area contributed by atoms with Gasteiger partial charge in [0, 0.05) is 24.3 Å². The number of hydrogen-bond donors (Lipinski definition) is 1. The number of pyridine rings is 1. The number of aryl methyl sites for hydroxylation is 1. The number of fused-ring (bicyclic) bond motifs is 3. The maximum atomic E-state index is 4.56. The molecule has 0 radical (unpaired) electrons. The normalized spacial score (nSPS) is 29.1. The van der Waals surface area contributed by atoms with E-state index in [1.54, 1.807) is 0 Å². The summed E-state index contributed by atoms with van der Waals surface area (Å²) in [6, 6.07) is 7.68. The summed E-state index contributed by atoms with van der Waals surface area (Å²) in [5, 5.41) is 8.00. The summed E-state index contributed by atoms with van der Waals surface area (Å²) in [6.07, 6.45) is 5.38. The van der Waals surface area contributed by atoms with E-state index in [4.69, 9.17) is 0 Å². The molecule has 2 fully saturated rings. The maximum Gasteiger partial charge on any atom is 0.243 e. The molecule has 2 atom stereocenters. The summed E-state index contributed by atoms with van der Waals surface area (Å²) in [7, 11) is 2.29. The Balaban J connectivity index is 1.43. The molecule has 0 amide bonds. The van der Waals surface area contributed by atoms with Crippen LogP contribution in [0.1, 0.15) is 31.4 Å². The molecule has 2 unspecified atom stereocenters. The van der Waals surface area contributed by atoms with Gasteiger partial charge in [-0.1, -0.05) is 6.07 Å². The van der Waals surface area contributed by atoms with Gasteiger partial charge < -0.3 is 10.2 Å². The molecule has 0 spiro atoms. The molecule has 1 N–H and O–H groups in total. The number of rotatable bonds is 3. The lowest BCUT2D eigenvalue weighted by Gasteiger charge is -2.36. The van der Waals surface area contributed by atoms with Crippen molar-refractivity contribution < 1.29 is 0 Å². The molecule has 0 aromatic carbocycles. The highest BCUT2D eigenvalue weighted by molar-refractivity contribution is 5.44. The number of hydrogen-bond acceptors (Lipinski definition) is 4. The molecule has 2 aliphatic heterocycles. The van der Waals surface area contributed by atoms with E-state index in [1.165, 1.54) is 25.7 Å². The van der Waals surface area contributed by atoms with E-state index >= 15 is 0 Å². The number of nitrogens with one attached hydrogen (secondary N) is 1. The quantitative estimate of drug-likeness (QED) is 0.940. The summed E-state index contributed by atoms with van der Waals surface area (Å²) >= 11 is 0. The maximum absolute atomic E-state index is 4.56. The Hall–Kier alpha value is -1.62. The Labute approximate surface area is 125 Å². The fourth-order valence-electron chi connectivity index (χ4n) is 4.04. The molecular formula is C16H23N5. The van der Waals surface area contributed by atoms with Crippen LogP contribution >= 0.6 is 0 Å². The first-order valence-electron chi connectivity index (χ1n) is 7.99. The second-order valence-electron chi connectivity index (χ2n) is 6.64. The Morgan fingerprint density at radius 1 is 1.24 bits per heavy atom. The standard InChI is InChI=1S/C16H23N5/c1-11-4-3-5-15-18-16(19-21(11)15)17-10-12-8-13-6-7-14(9-12)20(13)2/h3-5,12-14H,6-10H2,1-2H3,(H,17,19). The van der Waals surface area contributed by atoms with Gasteiger partial charge in [-0.3, -0.25) is 0 Å². The smallest absolute Gasteiger partial charge is 0.243 e. The van der Waals surface area contributed by atoms with Gasteiger partial charge in [0.2, 0.25) is 5.95 Å². The summed E-state index contributed by atoms with van der Waals surface area (Å²) in [6.45, 7) is 3.05. The Morgan fingerprint density at radius 3 is 2.71 bits per heavy atom. The largest absolute Gasteiger partial charge is 0.353 e. The van der Waals surface area contributed by atoms with Gasteiger partial charge in [-0.05, 0) is 57.7 Å². The van der Waals surface area contributed by atoms with E-state index in [1.807, 2.05) is 16.6 Å². The highest BCUT2D eigenvalue weighted by atomic mass is 15.4. The lowest BCUT2D eigenvalue weighted by molar-refractivity contribution is 0.139. The molecule has 2 aromatic heterocycles. The summed E-state index contributed by atoms with van der Waals surface area (Å²) in [5.41, 5.74) is 2.03. The highest BCUT2D eigenvalue weighted by Crippen LogP contribution is 2.37. The van der Waals surface area contributed by atoms with Crippen LogP contribution in [0, 0.1) is 12.8 Å². The summed E-state index contributed by atoms with van der Waals surface area (Å²) in [5.74, 6) is 1.52. The molecule has 112 valence electrons. The minimum Gasteiger partial charge on any atom is -0.353 e. The first kappa shape index (κ1) is 13.1. The van der Waals surface area contributed by atoms with Crippen molar-refractivity contribution in [2.24, 2.45) is 5.92 Å². The van der Waals surface area contributed by atoms with Gasteiger partial charge in [0.25, 0.3) is 0 Å². The predicted octanol–water partition coefficient (Wildman–Crippen LogP) is 2.32. The van der Waals surface area contributed by atoms with Crippen molar-refractivity contribution in [3.63, 3.8) is 0 Å². The third-order valence-corrected chi connectivity index (χ3v) is 5.29. The van der Waals surface area contributed by atoms with Crippen LogP contribution in [-0.4, -0.2) is 45.2 Å². The number of piperidine rings is 1. The van der Waals surface area contributed by atoms with Gasteiger partial charge in [0.05, 0.1) is 0 Å². The molecule has 4 rings (SSSR count). The Bertz CT molecular complexity index is 635. The summed E-state index contributed by atoms with van der Waals surface area (Å²) in [4.78, 5) is 7.14. The van der Waals surface area contributed by atoms with Crippen molar-refractivity contribution >= 4 is 11.6 Å². The number of aromatic nitrogens is 3. The lowest BCUT2D eigenvalue weighted by atomic mass is 9.91. The first-order chi connectivity index (χ1) is 10.2. The monoisotopic (exact) mass is 285 g/mol. The van der Waals surface area contributed by atoms with Crippen LogP contribution in [-0.2, 0) is 0 Å². The second-order valence-corrected chi connectivity index (χ2v) is 6.64. The van der Waals surface area contributed by atoms with Crippen LogP contribution in [0.2, 0.25) is 0 Å². The zero-order valence-corrected chi connectivity index (χ0v) is 12.8. The van der Waals surface area contributed by atoms with Crippen molar-refractivity contribution in [3.8, 4) is 0 Å². The van der Waals surface area contributed by atoms with Crippen molar-refractivity contribution in [2.45, 2.75) is 44.7 Å². The Kier molecular flexibility index (Phi) is 3.10. The van der Waals surface area contributed by atoms with E-state index in [0.717, 1.165) is 41.8 Å². The van der Waals surface area contributed by atoms with Gasteiger partial charge in [-0.15, -0.1) is 5.10 Å². The zero-order valence-electron chi connectivity index (χ0n) is 12.8. The minimum absolute atomic E-state index is 0.756. The van der Waals surface area contributed by atoms with Gasteiger partial charge in [0.15, 0.2) is 5.65 Å². The van der Waals surface area contributed by atoms with E-state index in [-0.39, 0.29) is 0 Å². The van der Waals surface area contributed by atoms with Crippen LogP contribution in [0.5, 0.6) is 0 Å². The molecule has 2 aliphatic rings. The fourth-order valence-corrected chi connectivity index (χ4v) is 4.04. The van der Waals surface area contributed by atoms with E-state index in [2.05, 4.69) is 40.3 Å². The van der Waals surface area contributed by atoms with Crippen molar-refractivity contribution in [1.29, 1.82) is 0 Å². The van der Waals surface area contributed by atoms with E-state index in [0.29, 0.717) is 0 Å². The zero-order chi connectivity index (χ0) is 14.4. The van der Waals surface area contributed by atoms with Crippen molar-refractivity contribution in [3.05, 3.63) is 23.9 Å². The van der Waals surface area contributed by atoms with Gasteiger partial charge in [-0.2, -0.15) is 4.98 Å². The van der Waals surface area contributed by atoms with Gasteiger partial charge in [0.1, 0.15) is 0 Å². The molecule has 2 bridgehead atoms. The van der Waals surface area contributed by atoms with Crippen LogP contribution in [0.25, 0.3) is 5.65 Å². The molecule has 5 nitrogen and oxygen atoms in total. The molecule has 21 heavy (non-hydrogen) atoms. The van der Waals surface area contributed by atoms with Gasteiger partial charge >= 0.3 is 0 Å². The van der Waals surface area contributed by atoms with Crippen LogP contribution < -0.4 is 5.32 Å². The van der Waals surface area contributed by atoms with Crippen LogP contribution in [0.15, 0.2) is 18.2 Å². The average molecular weight is 285 g/mol. The molecule has 5 heteroatoms. The average Bonchev–Trinajstić information content (AvgIpc) is 2.96. The highest BCUT2D eigenvalue weighted by Gasteiger charge is 2.38. The molecule has 2 aromatic rings. The first-order valence-corrected chi connectivity index (χ1v) is 7.99. The molecule has 2 saturated heterocycles. The van der Waals surface area contributed by atoms with E-state index < -0.39 is 0 Å². The lowest BCUT2D eigenvalue weighted by Crippen LogP contribution is -2.41. The van der Waals surface area contributed by atoms with Crippen LogP contribution in [0.3, 0.4) is 0 Å². The number of nitrogens with zero attached hydrogens (tertiary/aromatic N) is 4.